The Kier molecular flexibility index (Phi) is 3.45. The van der Waals surface area contributed by atoms with Gasteiger partial charge in [-0.1, -0.05) is 41.4 Å². The number of nitrogens with one attached hydrogen (secondary N) is 1. The van der Waals surface area contributed by atoms with Crippen LogP contribution in [0.2, 0.25) is 10.0 Å². The second-order valence-corrected chi connectivity index (χ2v) is 6.34. The molecule has 24 heavy (non-hydrogen) atoms. The van der Waals surface area contributed by atoms with Gasteiger partial charge in [0.25, 0.3) is 0 Å². The standard InChI is InChI=1S/C17H10Cl2N4O/c18-9-5-6-10(12(19)7-9)15-11(8-20)16(24)22-17-21-13-3-1-2-4-14(13)23(15)17/h1-7,11,15H,(H,21,22,24). The molecule has 7 heteroatoms. The van der Waals surface area contributed by atoms with E-state index in [0.717, 1.165) is 11.0 Å². The first-order valence-corrected chi connectivity index (χ1v) is 7.98. The van der Waals surface area contributed by atoms with E-state index in [1.165, 1.54) is 0 Å². The fourth-order valence-corrected chi connectivity index (χ4v) is 3.60. The first kappa shape index (κ1) is 15.0. The molecule has 1 aliphatic heterocycles. The van der Waals surface area contributed by atoms with Crippen molar-refractivity contribution >= 4 is 46.1 Å². The Labute approximate surface area is 147 Å². The third-order valence-electron chi connectivity index (χ3n) is 4.13. The van der Waals surface area contributed by atoms with Crippen molar-refractivity contribution in [2.24, 2.45) is 5.92 Å². The lowest BCUT2D eigenvalue weighted by Gasteiger charge is -2.30. The molecule has 1 aliphatic rings. The molecule has 1 aromatic heterocycles. The van der Waals surface area contributed by atoms with Crippen molar-refractivity contribution in [1.29, 1.82) is 5.26 Å². The number of hydrogen-bond acceptors (Lipinski definition) is 3. The molecule has 0 fully saturated rings. The maximum atomic E-state index is 12.4. The van der Waals surface area contributed by atoms with Gasteiger partial charge in [-0.15, -0.1) is 0 Å². The average Bonchev–Trinajstić information content (AvgIpc) is 2.91. The molecule has 0 spiro atoms. The monoisotopic (exact) mass is 356 g/mol. The molecule has 1 N–H and O–H groups in total. The van der Waals surface area contributed by atoms with Gasteiger partial charge in [-0.25, -0.2) is 4.98 Å². The van der Waals surface area contributed by atoms with Crippen LogP contribution in [0.25, 0.3) is 11.0 Å². The van der Waals surface area contributed by atoms with Crippen LogP contribution in [0.1, 0.15) is 11.6 Å². The zero-order valence-electron chi connectivity index (χ0n) is 12.2. The van der Waals surface area contributed by atoms with Crippen LogP contribution < -0.4 is 5.32 Å². The zero-order chi connectivity index (χ0) is 16.8. The molecule has 2 unspecified atom stereocenters. The summed E-state index contributed by atoms with van der Waals surface area (Å²) in [6.07, 6.45) is 0. The molecule has 1 amide bonds. The van der Waals surface area contributed by atoms with Crippen LogP contribution in [0, 0.1) is 17.2 Å². The molecule has 2 aromatic carbocycles. The Bertz CT molecular complexity index is 1020. The highest BCUT2D eigenvalue weighted by Gasteiger charge is 2.39. The van der Waals surface area contributed by atoms with E-state index in [0.29, 0.717) is 21.6 Å². The average molecular weight is 357 g/mol. The summed E-state index contributed by atoms with van der Waals surface area (Å²) in [5.41, 5.74) is 2.22. The van der Waals surface area contributed by atoms with E-state index in [4.69, 9.17) is 23.2 Å². The Hall–Kier alpha value is -2.55. The van der Waals surface area contributed by atoms with Crippen molar-refractivity contribution in [1.82, 2.24) is 9.55 Å². The number of halogens is 2. The number of hydrogen-bond donors (Lipinski definition) is 1. The van der Waals surface area contributed by atoms with Gasteiger partial charge in [-0.2, -0.15) is 5.26 Å². The molecule has 0 saturated carbocycles. The molecule has 0 bridgehead atoms. The van der Waals surface area contributed by atoms with Crippen molar-refractivity contribution in [2.45, 2.75) is 6.04 Å². The Morgan fingerprint density at radius 3 is 2.75 bits per heavy atom. The van der Waals surface area contributed by atoms with Crippen molar-refractivity contribution in [3.05, 3.63) is 58.1 Å². The Morgan fingerprint density at radius 1 is 1.21 bits per heavy atom. The van der Waals surface area contributed by atoms with Gasteiger partial charge in [0.2, 0.25) is 11.9 Å². The van der Waals surface area contributed by atoms with Gasteiger partial charge in [0.05, 0.1) is 23.1 Å². The molecule has 0 aliphatic carbocycles. The molecule has 2 atom stereocenters. The number of aromatic nitrogens is 2. The van der Waals surface area contributed by atoms with Crippen molar-refractivity contribution < 1.29 is 4.79 Å². The van der Waals surface area contributed by atoms with E-state index in [9.17, 15) is 10.1 Å². The van der Waals surface area contributed by atoms with Gasteiger partial charge in [0, 0.05) is 10.0 Å². The number of amides is 1. The number of carbonyl (C=O) groups is 1. The largest absolute Gasteiger partial charge is 0.300 e. The van der Waals surface area contributed by atoms with Crippen molar-refractivity contribution in [2.75, 3.05) is 5.32 Å². The maximum absolute atomic E-state index is 12.4. The van der Waals surface area contributed by atoms with Crippen LogP contribution >= 0.6 is 23.2 Å². The van der Waals surface area contributed by atoms with Crippen molar-refractivity contribution in [3.8, 4) is 6.07 Å². The van der Waals surface area contributed by atoms with Crippen LogP contribution in [-0.2, 0) is 4.79 Å². The summed E-state index contributed by atoms with van der Waals surface area (Å²) in [6, 6.07) is 14.1. The van der Waals surface area contributed by atoms with E-state index in [-0.39, 0.29) is 0 Å². The van der Waals surface area contributed by atoms with E-state index < -0.39 is 17.9 Å². The summed E-state index contributed by atoms with van der Waals surface area (Å²) in [5.74, 6) is -0.908. The quantitative estimate of drug-likeness (QED) is 0.715. The van der Waals surface area contributed by atoms with Crippen LogP contribution in [0.5, 0.6) is 0 Å². The Morgan fingerprint density at radius 2 is 2.00 bits per heavy atom. The van der Waals surface area contributed by atoms with E-state index in [2.05, 4.69) is 16.4 Å². The summed E-state index contributed by atoms with van der Waals surface area (Å²) < 4.78 is 1.85. The fourth-order valence-electron chi connectivity index (χ4n) is 3.08. The van der Waals surface area contributed by atoms with Gasteiger partial charge >= 0.3 is 0 Å². The summed E-state index contributed by atoms with van der Waals surface area (Å²) in [6.45, 7) is 0. The van der Waals surface area contributed by atoms with Gasteiger partial charge in [-0.05, 0) is 29.8 Å². The second kappa shape index (κ2) is 5.52. The van der Waals surface area contributed by atoms with Crippen LogP contribution in [-0.4, -0.2) is 15.5 Å². The Balaban J connectivity index is 2.03. The lowest BCUT2D eigenvalue weighted by molar-refractivity contribution is -0.119. The van der Waals surface area contributed by atoms with Crippen LogP contribution in [0.15, 0.2) is 42.5 Å². The molecule has 118 valence electrons. The molecule has 2 heterocycles. The van der Waals surface area contributed by atoms with Crippen molar-refractivity contribution in [3.63, 3.8) is 0 Å². The lowest BCUT2D eigenvalue weighted by atomic mass is 9.91. The van der Waals surface area contributed by atoms with Crippen LogP contribution in [0.3, 0.4) is 0 Å². The highest BCUT2D eigenvalue weighted by Crippen LogP contribution is 2.40. The summed E-state index contributed by atoms with van der Waals surface area (Å²) in [5, 5.41) is 13.2. The SMILES string of the molecule is N#CC1C(=O)Nc2nc3ccccc3n2C1c1ccc(Cl)cc1Cl. The summed E-state index contributed by atoms with van der Waals surface area (Å²) in [4.78, 5) is 16.8. The smallest absolute Gasteiger partial charge is 0.246 e. The second-order valence-electron chi connectivity index (χ2n) is 5.50. The first-order chi connectivity index (χ1) is 11.6. The number of anilines is 1. The van der Waals surface area contributed by atoms with Gasteiger partial charge in [0.15, 0.2) is 5.92 Å². The third-order valence-corrected chi connectivity index (χ3v) is 4.69. The summed E-state index contributed by atoms with van der Waals surface area (Å²) >= 11 is 12.3. The number of carbonyl (C=O) groups excluding carboxylic acids is 1. The normalized spacial score (nSPS) is 19.6. The third kappa shape index (κ3) is 2.15. The minimum Gasteiger partial charge on any atom is -0.300 e. The zero-order valence-corrected chi connectivity index (χ0v) is 13.7. The minimum atomic E-state index is -0.922. The first-order valence-electron chi connectivity index (χ1n) is 7.22. The van der Waals surface area contributed by atoms with E-state index in [1.807, 2.05) is 28.8 Å². The van der Waals surface area contributed by atoms with E-state index in [1.54, 1.807) is 18.2 Å². The molecule has 5 nitrogen and oxygen atoms in total. The lowest BCUT2D eigenvalue weighted by Crippen LogP contribution is -2.37. The molecule has 0 radical (unpaired) electrons. The number of benzene rings is 2. The van der Waals surface area contributed by atoms with Crippen LogP contribution in [0.4, 0.5) is 5.95 Å². The predicted octanol–water partition coefficient (Wildman–Crippen LogP) is 4.02. The highest BCUT2D eigenvalue weighted by atomic mass is 35.5. The minimum absolute atomic E-state index is 0.392. The highest BCUT2D eigenvalue weighted by molar-refractivity contribution is 6.35. The molecule has 4 rings (SSSR count). The van der Waals surface area contributed by atoms with Gasteiger partial charge in [0.1, 0.15) is 0 Å². The molecular weight excluding hydrogens is 347 g/mol. The number of rotatable bonds is 1. The molecule has 3 aromatic rings. The summed E-state index contributed by atoms with van der Waals surface area (Å²) in [7, 11) is 0. The number of nitrogens with zero attached hydrogens (tertiary/aromatic N) is 3. The topological polar surface area (TPSA) is 70.7 Å². The number of imidazole rings is 1. The van der Waals surface area contributed by atoms with Gasteiger partial charge < -0.3 is 4.57 Å². The predicted molar refractivity (Wildman–Crippen MR) is 92.1 cm³/mol. The number of fused-ring (bicyclic) bond motifs is 3. The molecule has 0 saturated heterocycles. The molecular formula is C17H10Cl2N4O. The number of para-hydroxylation sites is 2. The fraction of sp³-hybridized carbons (Fsp3) is 0.118. The van der Waals surface area contributed by atoms with Gasteiger partial charge in [-0.3, -0.25) is 10.1 Å². The maximum Gasteiger partial charge on any atom is 0.246 e. The number of nitriles is 1. The van der Waals surface area contributed by atoms with E-state index >= 15 is 0 Å².